The van der Waals surface area contributed by atoms with Gasteiger partial charge in [-0.05, 0) is 57.3 Å². The van der Waals surface area contributed by atoms with Crippen molar-refractivity contribution in [2.75, 3.05) is 53.0 Å². The van der Waals surface area contributed by atoms with E-state index in [0.29, 0.717) is 19.2 Å². The summed E-state index contributed by atoms with van der Waals surface area (Å²) in [6.45, 7) is 6.79. The van der Waals surface area contributed by atoms with E-state index in [1.165, 1.54) is 31.5 Å². The summed E-state index contributed by atoms with van der Waals surface area (Å²) < 4.78 is 5.02. The molecular formula is C22H35N3O2. The molecule has 1 N–H and O–H groups in total. The summed E-state index contributed by atoms with van der Waals surface area (Å²) >= 11 is 0. The van der Waals surface area contributed by atoms with Crippen LogP contribution in [0.15, 0.2) is 30.3 Å². The summed E-state index contributed by atoms with van der Waals surface area (Å²) in [5, 5.41) is 3.02. The maximum Gasteiger partial charge on any atom is 0.224 e. The SMILES string of the molecule is COCCNC(=O)[C@H]1CCCN(C2CCN(CCc3ccccc3)CC2)C1. The van der Waals surface area contributed by atoms with Crippen LogP contribution in [-0.2, 0) is 16.0 Å². The number of likely N-dealkylation sites (tertiary alicyclic amines) is 2. The minimum Gasteiger partial charge on any atom is -0.383 e. The number of benzene rings is 1. The molecule has 5 nitrogen and oxygen atoms in total. The maximum atomic E-state index is 12.4. The van der Waals surface area contributed by atoms with Crippen LogP contribution >= 0.6 is 0 Å². The van der Waals surface area contributed by atoms with Crippen molar-refractivity contribution in [2.45, 2.75) is 38.1 Å². The Bertz CT molecular complexity index is 558. The normalized spacial score (nSPS) is 22.6. The Balaban J connectivity index is 1.39. The van der Waals surface area contributed by atoms with Crippen molar-refractivity contribution >= 4 is 5.91 Å². The van der Waals surface area contributed by atoms with Gasteiger partial charge in [0.2, 0.25) is 5.91 Å². The third-order valence-corrected chi connectivity index (χ3v) is 6.06. The fraction of sp³-hybridized carbons (Fsp3) is 0.682. The minimum atomic E-state index is 0.145. The quantitative estimate of drug-likeness (QED) is 0.710. The fourth-order valence-electron chi connectivity index (χ4n) is 4.41. The van der Waals surface area contributed by atoms with Crippen LogP contribution in [0.2, 0.25) is 0 Å². The second kappa shape index (κ2) is 10.8. The molecule has 2 saturated heterocycles. The van der Waals surface area contributed by atoms with E-state index in [1.54, 1.807) is 7.11 Å². The summed E-state index contributed by atoms with van der Waals surface area (Å²) in [5.74, 6) is 0.351. The van der Waals surface area contributed by atoms with Gasteiger partial charge in [0.1, 0.15) is 0 Å². The number of carbonyl (C=O) groups is 1. The van der Waals surface area contributed by atoms with Crippen molar-refractivity contribution in [3.8, 4) is 0 Å². The molecule has 2 fully saturated rings. The highest BCUT2D eigenvalue weighted by molar-refractivity contribution is 5.78. The highest BCUT2D eigenvalue weighted by Gasteiger charge is 2.31. The second-order valence-electron chi connectivity index (χ2n) is 7.93. The first-order valence-corrected chi connectivity index (χ1v) is 10.5. The van der Waals surface area contributed by atoms with Gasteiger partial charge in [0.15, 0.2) is 0 Å². The monoisotopic (exact) mass is 373 g/mol. The number of hydrogen-bond acceptors (Lipinski definition) is 4. The highest BCUT2D eigenvalue weighted by Crippen LogP contribution is 2.24. The molecule has 1 aromatic carbocycles. The fourth-order valence-corrected chi connectivity index (χ4v) is 4.41. The third-order valence-electron chi connectivity index (χ3n) is 6.06. The van der Waals surface area contributed by atoms with E-state index in [-0.39, 0.29) is 11.8 Å². The molecule has 3 rings (SSSR count). The van der Waals surface area contributed by atoms with Gasteiger partial charge in [-0.25, -0.2) is 0 Å². The van der Waals surface area contributed by atoms with Gasteiger partial charge in [-0.2, -0.15) is 0 Å². The number of carbonyl (C=O) groups excluding carboxylic acids is 1. The molecule has 0 aromatic heterocycles. The molecule has 150 valence electrons. The summed E-state index contributed by atoms with van der Waals surface area (Å²) in [6.07, 6.45) is 5.75. The van der Waals surface area contributed by atoms with Gasteiger partial charge >= 0.3 is 0 Å². The number of amides is 1. The van der Waals surface area contributed by atoms with Crippen molar-refractivity contribution in [1.82, 2.24) is 15.1 Å². The molecule has 2 aliphatic rings. The van der Waals surface area contributed by atoms with Crippen LogP contribution in [0.1, 0.15) is 31.2 Å². The van der Waals surface area contributed by atoms with Crippen molar-refractivity contribution in [2.24, 2.45) is 5.92 Å². The molecule has 1 atom stereocenters. The van der Waals surface area contributed by atoms with Crippen LogP contribution in [0.25, 0.3) is 0 Å². The van der Waals surface area contributed by atoms with E-state index in [2.05, 4.69) is 45.4 Å². The van der Waals surface area contributed by atoms with Gasteiger partial charge in [-0.1, -0.05) is 30.3 Å². The predicted octanol–water partition coefficient (Wildman–Crippen LogP) is 2.17. The Labute approximate surface area is 164 Å². The molecule has 0 saturated carbocycles. The standard InChI is InChI=1S/C22H35N3O2/c1-27-17-12-23-22(26)20-8-5-13-25(18-20)21-10-15-24(16-11-21)14-9-19-6-3-2-4-7-19/h2-4,6-7,20-21H,5,8-18H2,1H3,(H,23,26)/t20-/m0/s1. The lowest BCUT2D eigenvalue weighted by molar-refractivity contribution is -0.127. The summed E-state index contributed by atoms with van der Waals surface area (Å²) in [5.41, 5.74) is 1.43. The minimum absolute atomic E-state index is 0.145. The van der Waals surface area contributed by atoms with Gasteiger partial charge in [0.05, 0.1) is 12.5 Å². The van der Waals surface area contributed by atoms with Crippen molar-refractivity contribution in [3.05, 3.63) is 35.9 Å². The lowest BCUT2D eigenvalue weighted by Crippen LogP contribution is -2.51. The van der Waals surface area contributed by atoms with E-state index < -0.39 is 0 Å². The molecular weight excluding hydrogens is 338 g/mol. The van der Waals surface area contributed by atoms with Gasteiger partial charge < -0.3 is 15.0 Å². The van der Waals surface area contributed by atoms with Crippen molar-refractivity contribution < 1.29 is 9.53 Å². The third kappa shape index (κ3) is 6.30. The molecule has 1 aromatic rings. The predicted molar refractivity (Wildman–Crippen MR) is 109 cm³/mol. The molecule has 2 heterocycles. The zero-order valence-corrected chi connectivity index (χ0v) is 16.7. The Morgan fingerprint density at radius 2 is 1.93 bits per heavy atom. The second-order valence-corrected chi connectivity index (χ2v) is 7.93. The maximum absolute atomic E-state index is 12.4. The van der Waals surface area contributed by atoms with E-state index >= 15 is 0 Å². The Kier molecular flexibility index (Phi) is 8.11. The number of piperidine rings is 2. The first-order chi connectivity index (χ1) is 13.3. The van der Waals surface area contributed by atoms with Gasteiger partial charge in [-0.3, -0.25) is 9.69 Å². The summed E-state index contributed by atoms with van der Waals surface area (Å²) in [4.78, 5) is 17.6. The number of hydrogen-bond donors (Lipinski definition) is 1. The molecule has 0 aliphatic carbocycles. The smallest absolute Gasteiger partial charge is 0.224 e. The summed E-state index contributed by atoms with van der Waals surface area (Å²) in [6, 6.07) is 11.4. The average molecular weight is 374 g/mol. The van der Waals surface area contributed by atoms with Gasteiger partial charge in [0, 0.05) is 32.8 Å². The van der Waals surface area contributed by atoms with Crippen LogP contribution in [0.4, 0.5) is 0 Å². The van der Waals surface area contributed by atoms with Crippen LogP contribution in [0.5, 0.6) is 0 Å². The molecule has 0 bridgehead atoms. The zero-order chi connectivity index (χ0) is 18.9. The molecule has 1 amide bonds. The summed E-state index contributed by atoms with van der Waals surface area (Å²) in [7, 11) is 1.67. The van der Waals surface area contributed by atoms with Crippen LogP contribution in [0.3, 0.4) is 0 Å². The highest BCUT2D eigenvalue weighted by atomic mass is 16.5. The first-order valence-electron chi connectivity index (χ1n) is 10.5. The number of nitrogens with zero attached hydrogens (tertiary/aromatic N) is 2. The molecule has 0 unspecified atom stereocenters. The van der Waals surface area contributed by atoms with Crippen LogP contribution in [0, 0.1) is 5.92 Å². The Morgan fingerprint density at radius 3 is 2.67 bits per heavy atom. The lowest BCUT2D eigenvalue weighted by Gasteiger charge is -2.42. The van der Waals surface area contributed by atoms with Crippen molar-refractivity contribution in [1.29, 1.82) is 0 Å². The Morgan fingerprint density at radius 1 is 1.15 bits per heavy atom. The first kappa shape index (κ1) is 20.3. The van der Waals surface area contributed by atoms with Crippen LogP contribution < -0.4 is 5.32 Å². The lowest BCUT2D eigenvalue weighted by atomic mass is 9.93. The van der Waals surface area contributed by atoms with E-state index in [0.717, 1.165) is 38.9 Å². The molecule has 0 spiro atoms. The topological polar surface area (TPSA) is 44.8 Å². The number of nitrogens with one attached hydrogen (secondary N) is 1. The average Bonchev–Trinajstić information content (AvgIpc) is 2.73. The van der Waals surface area contributed by atoms with E-state index in [9.17, 15) is 4.79 Å². The molecule has 27 heavy (non-hydrogen) atoms. The molecule has 2 aliphatic heterocycles. The number of ether oxygens (including phenoxy) is 1. The number of rotatable bonds is 8. The van der Waals surface area contributed by atoms with E-state index in [1.807, 2.05) is 0 Å². The zero-order valence-electron chi connectivity index (χ0n) is 16.7. The van der Waals surface area contributed by atoms with Crippen LogP contribution in [-0.4, -0.2) is 74.7 Å². The van der Waals surface area contributed by atoms with E-state index in [4.69, 9.17) is 4.74 Å². The number of methoxy groups -OCH3 is 1. The molecule has 5 heteroatoms. The Hall–Kier alpha value is -1.43. The van der Waals surface area contributed by atoms with Gasteiger partial charge in [0.25, 0.3) is 0 Å². The van der Waals surface area contributed by atoms with Crippen molar-refractivity contribution in [3.63, 3.8) is 0 Å². The largest absolute Gasteiger partial charge is 0.383 e. The molecule has 0 radical (unpaired) electrons. The van der Waals surface area contributed by atoms with Gasteiger partial charge in [-0.15, -0.1) is 0 Å².